The highest BCUT2D eigenvalue weighted by Crippen LogP contribution is 2.47. The van der Waals surface area contributed by atoms with Crippen LogP contribution in [0.25, 0.3) is 0 Å². The molecule has 2 heterocycles. The normalized spacial score (nSPS) is 27.8. The van der Waals surface area contributed by atoms with Gasteiger partial charge in [0.05, 0.1) is 17.9 Å². The van der Waals surface area contributed by atoms with E-state index in [4.69, 9.17) is 4.74 Å². The van der Waals surface area contributed by atoms with E-state index in [-0.39, 0.29) is 18.1 Å². The molecule has 5 nitrogen and oxygen atoms in total. The second-order valence-electron chi connectivity index (χ2n) is 7.34. The number of hydrogen-bond acceptors (Lipinski definition) is 3. The molecule has 1 N–H and O–H groups in total. The average molecular weight is 303 g/mol. The van der Waals surface area contributed by atoms with Gasteiger partial charge in [-0.2, -0.15) is 5.10 Å². The van der Waals surface area contributed by atoms with Crippen molar-refractivity contribution in [1.29, 1.82) is 0 Å². The molecule has 0 aromatic carbocycles. The zero-order chi connectivity index (χ0) is 15.4. The number of aromatic nitrogens is 2. The molecule has 1 aromatic heterocycles. The number of rotatable bonds is 4. The number of fused-ring (bicyclic) bond motifs is 1. The largest absolute Gasteiger partial charge is 0.369 e. The lowest BCUT2D eigenvalue weighted by molar-refractivity contribution is -0.00703. The number of ether oxygens (including phenoxy) is 1. The summed E-state index contributed by atoms with van der Waals surface area (Å²) < 4.78 is 5.81. The molecule has 3 aliphatic rings. The van der Waals surface area contributed by atoms with E-state index < -0.39 is 0 Å². The molecule has 0 saturated heterocycles. The Hall–Kier alpha value is -1.36. The minimum atomic E-state index is -0.0132. The van der Waals surface area contributed by atoms with Crippen LogP contribution in [0.15, 0.2) is 0 Å². The third-order valence-electron chi connectivity index (χ3n) is 5.41. The van der Waals surface area contributed by atoms with Crippen molar-refractivity contribution >= 4 is 5.91 Å². The van der Waals surface area contributed by atoms with Crippen LogP contribution in [0.4, 0.5) is 0 Å². The Labute approximate surface area is 131 Å². The third-order valence-corrected chi connectivity index (χ3v) is 5.41. The maximum Gasteiger partial charge on any atom is 0.274 e. The van der Waals surface area contributed by atoms with E-state index in [0.29, 0.717) is 11.7 Å². The highest BCUT2D eigenvalue weighted by atomic mass is 16.5. The van der Waals surface area contributed by atoms with Gasteiger partial charge in [-0.15, -0.1) is 0 Å². The van der Waals surface area contributed by atoms with E-state index in [1.54, 1.807) is 0 Å². The molecule has 0 radical (unpaired) electrons. The SMILES string of the molecule is C[C@@H]1Cc2c(C(=O)N(C)C(C3CC3)C3CC3)n[nH]c2[C@H](C)O1. The lowest BCUT2D eigenvalue weighted by Crippen LogP contribution is -2.40. The van der Waals surface area contributed by atoms with Crippen molar-refractivity contribution in [2.75, 3.05) is 7.05 Å². The fourth-order valence-corrected chi connectivity index (χ4v) is 4.05. The summed E-state index contributed by atoms with van der Waals surface area (Å²) in [5, 5.41) is 7.39. The summed E-state index contributed by atoms with van der Waals surface area (Å²) in [6.07, 6.45) is 6.00. The van der Waals surface area contributed by atoms with Crippen LogP contribution < -0.4 is 0 Å². The van der Waals surface area contributed by atoms with Crippen molar-refractivity contribution < 1.29 is 9.53 Å². The van der Waals surface area contributed by atoms with Gasteiger partial charge in [-0.25, -0.2) is 0 Å². The van der Waals surface area contributed by atoms with E-state index in [1.807, 2.05) is 18.9 Å². The molecule has 2 fully saturated rings. The predicted octanol–water partition coefficient (Wildman–Crippen LogP) is 2.69. The molecule has 1 amide bonds. The maximum atomic E-state index is 13.0. The third kappa shape index (κ3) is 2.35. The molecule has 22 heavy (non-hydrogen) atoms. The van der Waals surface area contributed by atoms with Gasteiger partial charge < -0.3 is 9.64 Å². The van der Waals surface area contributed by atoms with Gasteiger partial charge in [0.25, 0.3) is 5.91 Å². The summed E-state index contributed by atoms with van der Waals surface area (Å²) in [6.45, 7) is 4.07. The van der Waals surface area contributed by atoms with Crippen LogP contribution in [0.3, 0.4) is 0 Å². The van der Waals surface area contributed by atoms with Crippen molar-refractivity contribution in [3.8, 4) is 0 Å². The van der Waals surface area contributed by atoms with Crippen LogP contribution >= 0.6 is 0 Å². The van der Waals surface area contributed by atoms with Gasteiger partial charge in [0.1, 0.15) is 0 Å². The van der Waals surface area contributed by atoms with Crippen molar-refractivity contribution in [1.82, 2.24) is 15.1 Å². The predicted molar refractivity (Wildman–Crippen MR) is 82.6 cm³/mol. The van der Waals surface area contributed by atoms with Gasteiger partial charge in [0, 0.05) is 25.1 Å². The van der Waals surface area contributed by atoms with Crippen molar-refractivity contribution in [2.24, 2.45) is 11.8 Å². The molecule has 5 heteroatoms. The van der Waals surface area contributed by atoms with E-state index in [0.717, 1.165) is 29.5 Å². The number of carbonyl (C=O) groups is 1. The monoisotopic (exact) mass is 303 g/mol. The molecule has 1 aromatic rings. The Morgan fingerprint density at radius 2 is 1.91 bits per heavy atom. The molecule has 1 aliphatic heterocycles. The summed E-state index contributed by atoms with van der Waals surface area (Å²) in [4.78, 5) is 15.0. The molecule has 2 aliphatic carbocycles. The fourth-order valence-electron chi connectivity index (χ4n) is 4.05. The number of nitrogens with one attached hydrogen (secondary N) is 1. The molecule has 120 valence electrons. The van der Waals surface area contributed by atoms with Gasteiger partial charge in [-0.1, -0.05) is 0 Å². The van der Waals surface area contributed by atoms with Gasteiger partial charge in [0.15, 0.2) is 5.69 Å². The first-order valence-electron chi connectivity index (χ1n) is 8.56. The molecule has 0 unspecified atom stereocenters. The average Bonchev–Trinajstić information content (AvgIpc) is 3.39. The van der Waals surface area contributed by atoms with Crippen LogP contribution in [-0.4, -0.2) is 40.2 Å². The van der Waals surface area contributed by atoms with Crippen molar-refractivity contribution in [3.05, 3.63) is 17.0 Å². The van der Waals surface area contributed by atoms with Gasteiger partial charge in [-0.05, 0) is 51.4 Å². The minimum absolute atomic E-state index is 0.0132. The van der Waals surface area contributed by atoms with Crippen LogP contribution in [0, 0.1) is 11.8 Å². The zero-order valence-corrected chi connectivity index (χ0v) is 13.6. The van der Waals surface area contributed by atoms with Gasteiger partial charge >= 0.3 is 0 Å². The number of hydrogen-bond donors (Lipinski definition) is 1. The Balaban J connectivity index is 1.60. The maximum absolute atomic E-state index is 13.0. The molecule has 4 rings (SSSR count). The summed E-state index contributed by atoms with van der Waals surface area (Å²) in [5.74, 6) is 1.53. The summed E-state index contributed by atoms with van der Waals surface area (Å²) in [7, 11) is 1.97. The summed E-state index contributed by atoms with van der Waals surface area (Å²) >= 11 is 0. The van der Waals surface area contributed by atoms with Gasteiger partial charge in [0.2, 0.25) is 0 Å². The molecular weight excluding hydrogens is 278 g/mol. The van der Waals surface area contributed by atoms with E-state index >= 15 is 0 Å². The number of nitrogens with zero attached hydrogens (tertiary/aromatic N) is 2. The number of H-pyrrole nitrogens is 1. The Bertz CT molecular complexity index is 577. The molecule has 0 bridgehead atoms. The second-order valence-corrected chi connectivity index (χ2v) is 7.34. The van der Waals surface area contributed by atoms with E-state index in [1.165, 1.54) is 25.7 Å². The number of carbonyl (C=O) groups excluding carboxylic acids is 1. The molecule has 0 spiro atoms. The first-order valence-corrected chi connectivity index (χ1v) is 8.56. The topological polar surface area (TPSA) is 58.2 Å². The second kappa shape index (κ2) is 5.08. The van der Waals surface area contributed by atoms with Gasteiger partial charge in [-0.3, -0.25) is 9.89 Å². The van der Waals surface area contributed by atoms with Crippen LogP contribution in [-0.2, 0) is 11.2 Å². The van der Waals surface area contributed by atoms with Crippen LogP contribution in [0.5, 0.6) is 0 Å². The number of amides is 1. The first-order chi connectivity index (χ1) is 10.6. The van der Waals surface area contributed by atoms with Crippen LogP contribution in [0.2, 0.25) is 0 Å². The minimum Gasteiger partial charge on any atom is -0.369 e. The fraction of sp³-hybridized carbons (Fsp3) is 0.765. The highest BCUT2D eigenvalue weighted by Gasteiger charge is 2.45. The van der Waals surface area contributed by atoms with E-state index in [9.17, 15) is 4.79 Å². The van der Waals surface area contributed by atoms with Crippen molar-refractivity contribution in [3.63, 3.8) is 0 Å². The summed E-state index contributed by atoms with van der Waals surface area (Å²) in [5.41, 5.74) is 2.66. The lowest BCUT2D eigenvalue weighted by Gasteiger charge is -2.29. The number of aromatic amines is 1. The quantitative estimate of drug-likeness (QED) is 0.930. The first kappa shape index (κ1) is 14.2. The molecular formula is C17H25N3O2. The van der Waals surface area contributed by atoms with E-state index in [2.05, 4.69) is 17.1 Å². The molecule has 2 saturated carbocycles. The van der Waals surface area contributed by atoms with Crippen molar-refractivity contribution in [2.45, 2.75) is 64.2 Å². The Morgan fingerprint density at radius 3 is 2.50 bits per heavy atom. The van der Waals surface area contributed by atoms with Crippen LogP contribution in [0.1, 0.15) is 67.4 Å². The zero-order valence-electron chi connectivity index (χ0n) is 13.6. The highest BCUT2D eigenvalue weighted by molar-refractivity contribution is 5.94. The Morgan fingerprint density at radius 1 is 1.27 bits per heavy atom. The summed E-state index contributed by atoms with van der Waals surface area (Å²) in [6, 6.07) is 0.425. The Kier molecular flexibility index (Phi) is 3.29. The molecule has 2 atom stereocenters. The standard InChI is InChI=1S/C17H25N3O2/c1-9-8-13-14(10(2)22-9)18-19-15(13)17(21)20(3)16(11-4-5-11)12-6-7-12/h9-12,16H,4-8H2,1-3H3,(H,18,19)/t9-,10+/m1/s1. The smallest absolute Gasteiger partial charge is 0.274 e. The lowest BCUT2D eigenvalue weighted by atomic mass is 9.98.